The Labute approximate surface area is 120 Å². The molecule has 0 N–H and O–H groups in total. The summed E-state index contributed by atoms with van der Waals surface area (Å²) in [6.45, 7) is 5.29. The SMILES string of the molecule is COC(=O)c1ccccc1N(Br)C(=O)OC(C)(C)C. The van der Waals surface area contributed by atoms with E-state index in [-0.39, 0.29) is 5.56 Å². The van der Waals surface area contributed by atoms with Gasteiger partial charge in [-0.2, -0.15) is 0 Å². The number of rotatable bonds is 2. The zero-order valence-corrected chi connectivity index (χ0v) is 12.9. The van der Waals surface area contributed by atoms with E-state index in [0.717, 1.165) is 3.93 Å². The van der Waals surface area contributed by atoms with Crippen LogP contribution in [0.3, 0.4) is 0 Å². The molecule has 0 radical (unpaired) electrons. The Morgan fingerprint density at radius 1 is 1.21 bits per heavy atom. The number of halogens is 1. The predicted molar refractivity (Wildman–Crippen MR) is 75.4 cm³/mol. The Bertz CT molecular complexity index is 482. The molecule has 104 valence electrons. The smallest absolute Gasteiger partial charge is 0.425 e. The molecule has 6 heteroatoms. The number of para-hydroxylation sites is 1. The van der Waals surface area contributed by atoms with Crippen LogP contribution in [-0.2, 0) is 9.47 Å². The maximum absolute atomic E-state index is 11.9. The van der Waals surface area contributed by atoms with Crippen LogP contribution in [0, 0.1) is 0 Å². The van der Waals surface area contributed by atoms with Crippen molar-refractivity contribution in [2.45, 2.75) is 26.4 Å². The van der Waals surface area contributed by atoms with Gasteiger partial charge in [-0.3, -0.25) is 0 Å². The van der Waals surface area contributed by atoms with Gasteiger partial charge in [0.25, 0.3) is 0 Å². The molecule has 1 aromatic carbocycles. The first-order chi connectivity index (χ1) is 8.76. The van der Waals surface area contributed by atoms with Gasteiger partial charge in [-0.1, -0.05) is 12.1 Å². The van der Waals surface area contributed by atoms with Crippen molar-refractivity contribution >= 4 is 33.9 Å². The lowest BCUT2D eigenvalue weighted by Gasteiger charge is -2.24. The molecule has 0 saturated heterocycles. The average molecular weight is 330 g/mol. The summed E-state index contributed by atoms with van der Waals surface area (Å²) in [5, 5.41) is 0. The van der Waals surface area contributed by atoms with Crippen molar-refractivity contribution in [2.24, 2.45) is 0 Å². The number of hydrogen-bond donors (Lipinski definition) is 0. The topological polar surface area (TPSA) is 55.8 Å². The number of carbonyl (C=O) groups is 2. The third kappa shape index (κ3) is 4.24. The molecule has 1 rings (SSSR count). The van der Waals surface area contributed by atoms with Crippen molar-refractivity contribution < 1.29 is 19.1 Å². The maximum atomic E-state index is 11.9. The summed E-state index contributed by atoms with van der Waals surface area (Å²) in [6.07, 6.45) is -0.608. The number of ether oxygens (including phenoxy) is 2. The second kappa shape index (κ2) is 6.06. The first kappa shape index (κ1) is 15.5. The number of methoxy groups -OCH3 is 1. The first-order valence-electron chi connectivity index (χ1n) is 5.62. The monoisotopic (exact) mass is 329 g/mol. The molecule has 0 heterocycles. The highest BCUT2D eigenvalue weighted by Gasteiger charge is 2.25. The van der Waals surface area contributed by atoms with Crippen molar-refractivity contribution in [1.29, 1.82) is 0 Å². The van der Waals surface area contributed by atoms with Crippen molar-refractivity contribution in [1.82, 2.24) is 0 Å². The molecule has 0 aromatic heterocycles. The van der Waals surface area contributed by atoms with E-state index >= 15 is 0 Å². The number of esters is 1. The third-order valence-corrected chi connectivity index (χ3v) is 2.75. The van der Waals surface area contributed by atoms with Crippen LogP contribution in [0.1, 0.15) is 31.1 Å². The summed E-state index contributed by atoms with van der Waals surface area (Å²) in [5.74, 6) is -0.524. The molecule has 0 aliphatic carbocycles. The van der Waals surface area contributed by atoms with E-state index in [4.69, 9.17) is 4.74 Å². The fourth-order valence-electron chi connectivity index (χ4n) is 1.33. The Morgan fingerprint density at radius 3 is 2.32 bits per heavy atom. The molecule has 1 amide bonds. The summed E-state index contributed by atoms with van der Waals surface area (Å²) >= 11 is 3.10. The second-order valence-electron chi connectivity index (χ2n) is 4.77. The summed E-state index contributed by atoms with van der Waals surface area (Å²) < 4.78 is 11.0. The molecular weight excluding hydrogens is 314 g/mol. The van der Waals surface area contributed by atoms with E-state index < -0.39 is 17.7 Å². The van der Waals surface area contributed by atoms with E-state index in [1.54, 1.807) is 45.0 Å². The van der Waals surface area contributed by atoms with Gasteiger partial charge < -0.3 is 9.47 Å². The number of carbonyl (C=O) groups excluding carboxylic acids is 2. The summed E-state index contributed by atoms with van der Waals surface area (Å²) in [4.78, 5) is 23.6. The lowest BCUT2D eigenvalue weighted by atomic mass is 10.2. The minimum absolute atomic E-state index is 0.271. The number of benzene rings is 1. The van der Waals surface area contributed by atoms with Gasteiger partial charge in [0.1, 0.15) is 5.60 Å². The number of amides is 1. The van der Waals surface area contributed by atoms with E-state index in [1.807, 2.05) is 0 Å². The van der Waals surface area contributed by atoms with E-state index in [1.165, 1.54) is 7.11 Å². The maximum Gasteiger partial charge on any atom is 0.425 e. The largest absolute Gasteiger partial charge is 0.465 e. The fraction of sp³-hybridized carbons (Fsp3) is 0.385. The number of nitrogens with zero attached hydrogens (tertiary/aromatic N) is 1. The minimum Gasteiger partial charge on any atom is -0.465 e. The molecule has 0 fully saturated rings. The van der Waals surface area contributed by atoms with Crippen LogP contribution < -0.4 is 3.93 Å². The zero-order chi connectivity index (χ0) is 14.6. The van der Waals surface area contributed by atoms with Crippen LogP contribution >= 0.6 is 16.1 Å². The van der Waals surface area contributed by atoms with Crippen molar-refractivity contribution in [3.8, 4) is 0 Å². The van der Waals surface area contributed by atoms with Gasteiger partial charge in [-0.25, -0.2) is 13.5 Å². The molecule has 0 unspecified atom stereocenters. The van der Waals surface area contributed by atoms with Gasteiger partial charge in [-0.05, 0) is 32.9 Å². The Morgan fingerprint density at radius 2 is 1.79 bits per heavy atom. The standard InChI is InChI=1S/C13H16BrNO4/c1-13(2,3)19-12(17)15(14)10-8-6-5-7-9(10)11(16)18-4/h5-8H,1-4H3. The first-order valence-corrected chi connectivity index (χ1v) is 6.33. The number of hydrogen-bond acceptors (Lipinski definition) is 4. The van der Waals surface area contributed by atoms with Gasteiger partial charge in [0.05, 0.1) is 34.5 Å². The highest BCUT2D eigenvalue weighted by molar-refractivity contribution is 9.10. The van der Waals surface area contributed by atoms with Gasteiger partial charge in [0, 0.05) is 0 Å². The molecule has 19 heavy (non-hydrogen) atoms. The summed E-state index contributed by atoms with van der Waals surface area (Å²) in [6, 6.07) is 6.58. The molecule has 0 atom stereocenters. The van der Waals surface area contributed by atoms with Gasteiger partial charge in [-0.15, -0.1) is 0 Å². The summed E-state index contributed by atoms with van der Waals surface area (Å²) in [7, 11) is 1.28. The lowest BCUT2D eigenvalue weighted by molar-refractivity contribution is 0.0601. The molecule has 0 aliphatic heterocycles. The highest BCUT2D eigenvalue weighted by atomic mass is 79.9. The van der Waals surface area contributed by atoms with E-state index in [2.05, 4.69) is 20.9 Å². The van der Waals surface area contributed by atoms with Gasteiger partial charge in [0.2, 0.25) is 0 Å². The fourth-order valence-corrected chi connectivity index (χ4v) is 1.71. The van der Waals surface area contributed by atoms with E-state index in [9.17, 15) is 9.59 Å². The van der Waals surface area contributed by atoms with Crippen LogP contribution in [0.15, 0.2) is 24.3 Å². The molecule has 0 saturated carbocycles. The number of anilines is 1. The molecule has 0 bridgehead atoms. The Kier molecular flexibility index (Phi) is 4.94. The molecule has 0 spiro atoms. The molecule has 5 nitrogen and oxygen atoms in total. The Balaban J connectivity index is 3.03. The predicted octanol–water partition coefficient (Wildman–Crippen LogP) is 3.52. The van der Waals surface area contributed by atoms with Crippen LogP contribution in [0.2, 0.25) is 0 Å². The molecule has 1 aromatic rings. The lowest BCUT2D eigenvalue weighted by Crippen LogP contribution is -2.31. The van der Waals surface area contributed by atoms with Crippen LogP contribution in [0.4, 0.5) is 10.5 Å². The van der Waals surface area contributed by atoms with Crippen LogP contribution in [-0.4, -0.2) is 24.8 Å². The second-order valence-corrected chi connectivity index (χ2v) is 5.48. The van der Waals surface area contributed by atoms with Gasteiger partial charge in [0.15, 0.2) is 0 Å². The summed E-state index contributed by atoms with van der Waals surface area (Å²) in [5.41, 5.74) is 0.0138. The molecular formula is C13H16BrNO4. The van der Waals surface area contributed by atoms with Gasteiger partial charge >= 0.3 is 12.1 Å². The normalized spacial score (nSPS) is 10.8. The third-order valence-electron chi connectivity index (χ3n) is 2.07. The van der Waals surface area contributed by atoms with Crippen molar-refractivity contribution in [3.05, 3.63) is 29.8 Å². The van der Waals surface area contributed by atoms with Crippen LogP contribution in [0.5, 0.6) is 0 Å². The van der Waals surface area contributed by atoms with Crippen molar-refractivity contribution in [3.63, 3.8) is 0 Å². The molecule has 0 aliphatic rings. The highest BCUT2D eigenvalue weighted by Crippen LogP contribution is 2.26. The minimum atomic E-state index is -0.622. The quantitative estimate of drug-likeness (QED) is 0.615. The Hall–Kier alpha value is -1.56. The van der Waals surface area contributed by atoms with Crippen LogP contribution in [0.25, 0.3) is 0 Å². The zero-order valence-electron chi connectivity index (χ0n) is 11.3. The average Bonchev–Trinajstić information content (AvgIpc) is 2.35. The van der Waals surface area contributed by atoms with E-state index in [0.29, 0.717) is 5.69 Å². The van der Waals surface area contributed by atoms with Crippen molar-refractivity contribution in [2.75, 3.05) is 11.0 Å².